The molecule has 0 bridgehead atoms. The van der Waals surface area contributed by atoms with Crippen LogP contribution in [0.25, 0.3) is 0 Å². The molecule has 0 aromatic carbocycles. The van der Waals surface area contributed by atoms with Crippen LogP contribution < -0.4 is 0 Å². The molecule has 0 aliphatic rings. The number of carbonyl (C=O) groups excluding carboxylic acids is 1. The Morgan fingerprint density at radius 3 is 2.58 bits per heavy atom. The Morgan fingerprint density at radius 2 is 2.16 bits per heavy atom. The highest BCUT2D eigenvalue weighted by molar-refractivity contribution is 5.92. The third-order valence-corrected chi connectivity index (χ3v) is 2.67. The minimum atomic E-state index is -0.951. The average molecular weight is 261 g/mol. The number of aryl methyl sites for hydroxylation is 1. The Bertz CT molecular complexity index is 512. The first kappa shape index (κ1) is 15.1. The van der Waals surface area contributed by atoms with Crippen LogP contribution in [0, 0.1) is 18.3 Å². The first-order valence-corrected chi connectivity index (χ1v) is 6.18. The lowest BCUT2D eigenvalue weighted by Gasteiger charge is -2.27. The van der Waals surface area contributed by atoms with Crippen LogP contribution in [0.3, 0.4) is 0 Å². The van der Waals surface area contributed by atoms with E-state index in [1.54, 1.807) is 32.9 Å². The molecule has 0 unspecified atom stereocenters. The van der Waals surface area contributed by atoms with Gasteiger partial charge in [0.15, 0.2) is 0 Å². The Kier molecular flexibility index (Phi) is 4.62. The molecule has 0 aliphatic carbocycles. The van der Waals surface area contributed by atoms with Gasteiger partial charge in [-0.15, -0.1) is 0 Å². The second-order valence-corrected chi connectivity index (χ2v) is 5.07. The summed E-state index contributed by atoms with van der Waals surface area (Å²) in [5.41, 5.74) is 0.338. The Morgan fingerprint density at radius 1 is 1.53 bits per heavy atom. The second-order valence-electron chi connectivity index (χ2n) is 5.07. The van der Waals surface area contributed by atoms with E-state index >= 15 is 0 Å². The van der Waals surface area contributed by atoms with E-state index in [4.69, 9.17) is 5.26 Å². The number of nitriles is 1. The standard InChI is InChI=1S/C14H19N3O2/c1-5-17(9-14(3,4)19)13(18)12-7-6-11(8-15)10(2)16-12/h6-7,19H,5,9H2,1-4H3. The van der Waals surface area contributed by atoms with Crippen LogP contribution in [0.2, 0.25) is 0 Å². The van der Waals surface area contributed by atoms with Crippen molar-refractivity contribution in [1.29, 1.82) is 5.26 Å². The number of likely N-dealkylation sites (N-methyl/N-ethyl adjacent to an activating group) is 1. The highest BCUT2D eigenvalue weighted by Crippen LogP contribution is 2.11. The molecule has 1 amide bonds. The zero-order valence-corrected chi connectivity index (χ0v) is 11.8. The maximum atomic E-state index is 12.3. The molecule has 19 heavy (non-hydrogen) atoms. The topological polar surface area (TPSA) is 77.2 Å². The third kappa shape index (κ3) is 4.04. The molecule has 102 valence electrons. The number of nitrogens with zero attached hydrogens (tertiary/aromatic N) is 3. The summed E-state index contributed by atoms with van der Waals surface area (Å²) in [6, 6.07) is 5.15. The van der Waals surface area contributed by atoms with Gasteiger partial charge in [-0.3, -0.25) is 4.79 Å². The highest BCUT2D eigenvalue weighted by Gasteiger charge is 2.23. The Labute approximate surface area is 113 Å². The van der Waals surface area contributed by atoms with E-state index in [2.05, 4.69) is 4.98 Å². The van der Waals surface area contributed by atoms with Crippen LogP contribution in [-0.2, 0) is 0 Å². The molecule has 0 saturated heterocycles. The number of amides is 1. The van der Waals surface area contributed by atoms with E-state index in [1.807, 2.05) is 13.0 Å². The lowest BCUT2D eigenvalue weighted by atomic mass is 10.1. The first-order valence-electron chi connectivity index (χ1n) is 6.18. The van der Waals surface area contributed by atoms with Crippen molar-refractivity contribution < 1.29 is 9.90 Å². The van der Waals surface area contributed by atoms with Gasteiger partial charge in [-0.05, 0) is 39.8 Å². The number of hydrogen-bond donors (Lipinski definition) is 1. The van der Waals surface area contributed by atoms with Gasteiger partial charge in [-0.1, -0.05) is 0 Å². The van der Waals surface area contributed by atoms with E-state index in [-0.39, 0.29) is 12.5 Å². The van der Waals surface area contributed by atoms with Gasteiger partial charge >= 0.3 is 0 Å². The Balaban J connectivity index is 2.99. The van der Waals surface area contributed by atoms with Crippen molar-refractivity contribution in [1.82, 2.24) is 9.88 Å². The molecule has 5 heteroatoms. The summed E-state index contributed by atoms with van der Waals surface area (Å²) in [5.74, 6) is -0.239. The summed E-state index contributed by atoms with van der Waals surface area (Å²) in [5, 5.41) is 18.6. The smallest absolute Gasteiger partial charge is 0.272 e. The van der Waals surface area contributed by atoms with Gasteiger partial charge in [0.25, 0.3) is 5.91 Å². The van der Waals surface area contributed by atoms with Gasteiger partial charge < -0.3 is 10.0 Å². The maximum Gasteiger partial charge on any atom is 0.272 e. The first-order chi connectivity index (χ1) is 8.78. The second kappa shape index (κ2) is 5.81. The third-order valence-electron chi connectivity index (χ3n) is 2.67. The maximum absolute atomic E-state index is 12.3. The van der Waals surface area contributed by atoms with E-state index in [9.17, 15) is 9.90 Å². The van der Waals surface area contributed by atoms with E-state index in [1.165, 1.54) is 4.90 Å². The summed E-state index contributed by atoms with van der Waals surface area (Å²) in [7, 11) is 0. The molecule has 0 spiro atoms. The van der Waals surface area contributed by atoms with Crippen molar-refractivity contribution in [2.75, 3.05) is 13.1 Å². The Hall–Kier alpha value is -1.93. The van der Waals surface area contributed by atoms with Gasteiger partial charge in [0.2, 0.25) is 0 Å². The molecule has 0 saturated carbocycles. The molecular weight excluding hydrogens is 242 g/mol. The zero-order chi connectivity index (χ0) is 14.6. The van der Waals surface area contributed by atoms with E-state index in [0.717, 1.165) is 0 Å². The molecule has 1 heterocycles. The van der Waals surface area contributed by atoms with Crippen molar-refractivity contribution in [3.05, 3.63) is 29.1 Å². The molecule has 0 fully saturated rings. The number of aliphatic hydroxyl groups is 1. The largest absolute Gasteiger partial charge is 0.389 e. The van der Waals surface area contributed by atoms with Gasteiger partial charge in [-0.25, -0.2) is 4.98 Å². The summed E-state index contributed by atoms with van der Waals surface area (Å²) in [6.45, 7) is 7.58. The van der Waals surface area contributed by atoms with Crippen molar-refractivity contribution in [3.8, 4) is 6.07 Å². The lowest BCUT2D eigenvalue weighted by molar-refractivity contribution is 0.0311. The summed E-state index contributed by atoms with van der Waals surface area (Å²) in [6.07, 6.45) is 0. The van der Waals surface area contributed by atoms with Crippen LogP contribution in [0.4, 0.5) is 0 Å². The minimum Gasteiger partial charge on any atom is -0.389 e. The lowest BCUT2D eigenvalue weighted by Crippen LogP contribution is -2.42. The number of carbonyl (C=O) groups is 1. The minimum absolute atomic E-state index is 0.239. The molecule has 0 aliphatic heterocycles. The van der Waals surface area contributed by atoms with Crippen LogP contribution in [-0.4, -0.2) is 39.6 Å². The van der Waals surface area contributed by atoms with Crippen LogP contribution in [0.15, 0.2) is 12.1 Å². The van der Waals surface area contributed by atoms with E-state index in [0.29, 0.717) is 23.5 Å². The number of rotatable bonds is 4. The van der Waals surface area contributed by atoms with E-state index < -0.39 is 5.60 Å². The van der Waals surface area contributed by atoms with Gasteiger partial charge in [0.05, 0.1) is 16.9 Å². The molecular formula is C14H19N3O2. The van der Waals surface area contributed by atoms with Gasteiger partial charge in [0, 0.05) is 13.1 Å². The number of hydrogen-bond acceptors (Lipinski definition) is 4. The van der Waals surface area contributed by atoms with Crippen molar-refractivity contribution in [2.24, 2.45) is 0 Å². The molecule has 1 aromatic heterocycles. The van der Waals surface area contributed by atoms with Crippen molar-refractivity contribution in [2.45, 2.75) is 33.3 Å². The molecule has 5 nitrogen and oxygen atoms in total. The SMILES string of the molecule is CCN(CC(C)(C)O)C(=O)c1ccc(C#N)c(C)n1. The average Bonchev–Trinajstić information content (AvgIpc) is 2.34. The predicted octanol–water partition coefficient (Wildman–Crippen LogP) is 1.49. The zero-order valence-electron chi connectivity index (χ0n) is 11.8. The van der Waals surface area contributed by atoms with Gasteiger partial charge in [0.1, 0.15) is 11.8 Å². The van der Waals surface area contributed by atoms with Crippen molar-refractivity contribution >= 4 is 5.91 Å². The summed E-state index contributed by atoms with van der Waals surface area (Å²) >= 11 is 0. The van der Waals surface area contributed by atoms with Crippen LogP contribution in [0.1, 0.15) is 42.5 Å². The molecule has 0 radical (unpaired) electrons. The van der Waals surface area contributed by atoms with Crippen LogP contribution in [0.5, 0.6) is 0 Å². The van der Waals surface area contributed by atoms with Crippen molar-refractivity contribution in [3.63, 3.8) is 0 Å². The normalized spacial score (nSPS) is 10.9. The fourth-order valence-electron chi connectivity index (χ4n) is 1.75. The van der Waals surface area contributed by atoms with Gasteiger partial charge in [-0.2, -0.15) is 5.26 Å². The molecule has 1 aromatic rings. The fourth-order valence-corrected chi connectivity index (χ4v) is 1.75. The fraction of sp³-hybridized carbons (Fsp3) is 0.500. The summed E-state index contributed by atoms with van der Waals surface area (Å²) < 4.78 is 0. The summed E-state index contributed by atoms with van der Waals surface area (Å²) in [4.78, 5) is 18.0. The molecule has 1 N–H and O–H groups in total. The molecule has 0 atom stereocenters. The number of aromatic nitrogens is 1. The number of pyridine rings is 1. The quantitative estimate of drug-likeness (QED) is 0.890. The van der Waals surface area contributed by atoms with Crippen LogP contribution >= 0.6 is 0 Å². The highest BCUT2D eigenvalue weighted by atomic mass is 16.3. The predicted molar refractivity (Wildman–Crippen MR) is 71.6 cm³/mol. The molecule has 1 rings (SSSR count). The monoisotopic (exact) mass is 261 g/mol.